The van der Waals surface area contributed by atoms with E-state index in [1.54, 1.807) is 38.5 Å². The quantitative estimate of drug-likeness (QED) is 0.516. The summed E-state index contributed by atoms with van der Waals surface area (Å²) in [6, 6.07) is 0. The first-order chi connectivity index (χ1) is 7.45. The third kappa shape index (κ3) is 1.32. The Kier molecular flexibility index (Phi) is 2.50. The van der Waals surface area contributed by atoms with Crippen molar-refractivity contribution in [3.63, 3.8) is 0 Å². The number of hydrogen-bond donors (Lipinski definition) is 0. The molecule has 0 amide bonds. The average Bonchev–Trinajstić information content (AvgIpc) is 2.86. The van der Waals surface area contributed by atoms with Gasteiger partial charge in [0.1, 0.15) is 0 Å². The van der Waals surface area contributed by atoms with Crippen LogP contribution >= 0.6 is 0 Å². The van der Waals surface area contributed by atoms with Crippen molar-refractivity contribution in [2.75, 3.05) is 0 Å². The van der Waals surface area contributed by atoms with Gasteiger partial charge in [-0.2, -0.15) is 0 Å². The summed E-state index contributed by atoms with van der Waals surface area (Å²) in [6.45, 7) is 11.0. The van der Waals surface area contributed by atoms with Crippen LogP contribution in [0.4, 0.5) is 0 Å². The molecular weight excluding hydrogens is 224 g/mol. The Hall–Kier alpha value is 0.434. The van der Waals surface area contributed by atoms with Crippen molar-refractivity contribution in [2.45, 2.75) is 86.9 Å². The van der Waals surface area contributed by atoms with Crippen molar-refractivity contribution in [3.05, 3.63) is 0 Å². The predicted octanol–water partition coefficient (Wildman–Crippen LogP) is 5.27. The highest BCUT2D eigenvalue weighted by Gasteiger charge is 2.61. The van der Waals surface area contributed by atoms with Gasteiger partial charge in [0.15, 0.2) is 0 Å². The average molecular weight is 253 g/mol. The second-order valence-electron chi connectivity index (χ2n) is 7.93. The van der Waals surface area contributed by atoms with Gasteiger partial charge in [0.05, 0.1) is 16.1 Å². The highest BCUT2D eigenvalue weighted by atomic mass is 28.3. The lowest BCUT2D eigenvalue weighted by atomic mass is 10.3. The first-order valence-electron chi connectivity index (χ1n) is 7.45. The molecule has 3 fully saturated rings. The zero-order valence-corrected chi connectivity index (χ0v) is 13.6. The lowest BCUT2D eigenvalue weighted by Crippen LogP contribution is -2.54. The summed E-state index contributed by atoms with van der Waals surface area (Å²) in [4.78, 5) is 0. The van der Waals surface area contributed by atoms with E-state index in [9.17, 15) is 0 Å². The van der Waals surface area contributed by atoms with Crippen molar-refractivity contribution in [3.8, 4) is 0 Å². The second kappa shape index (κ2) is 3.47. The Morgan fingerprint density at radius 2 is 0.812 bits per heavy atom. The van der Waals surface area contributed by atoms with Gasteiger partial charge in [0.2, 0.25) is 0 Å². The largest absolute Gasteiger partial charge is 0.0689 e. The third-order valence-corrected chi connectivity index (χ3v) is 17.9. The maximum absolute atomic E-state index is 2.75. The van der Waals surface area contributed by atoms with Crippen LogP contribution in [0.15, 0.2) is 0 Å². The standard InChI is InChI=1S/C14H28Si2/c1-15(2)11-7-5-9-13(11)16(3,4)14-10-6-8-12(14)15/h11-14H,5-10H2,1-4H3. The van der Waals surface area contributed by atoms with E-state index in [2.05, 4.69) is 26.2 Å². The van der Waals surface area contributed by atoms with Crippen LogP contribution in [0.5, 0.6) is 0 Å². The molecule has 0 aromatic heterocycles. The van der Waals surface area contributed by atoms with Gasteiger partial charge in [0, 0.05) is 0 Å². The lowest BCUT2D eigenvalue weighted by molar-refractivity contribution is 0.664. The van der Waals surface area contributed by atoms with Crippen molar-refractivity contribution in [1.29, 1.82) is 0 Å². The molecule has 16 heavy (non-hydrogen) atoms. The molecule has 0 N–H and O–H groups in total. The molecule has 2 aliphatic carbocycles. The lowest BCUT2D eigenvalue weighted by Gasteiger charge is -2.55. The summed E-state index contributed by atoms with van der Waals surface area (Å²) in [5.41, 5.74) is 4.92. The van der Waals surface area contributed by atoms with Gasteiger partial charge in [-0.3, -0.25) is 0 Å². The van der Waals surface area contributed by atoms with Gasteiger partial charge in [0.25, 0.3) is 0 Å². The first kappa shape index (κ1) is 11.5. The molecule has 0 spiro atoms. The second-order valence-corrected chi connectivity index (χ2v) is 18.2. The van der Waals surface area contributed by atoms with Gasteiger partial charge in [-0.15, -0.1) is 0 Å². The van der Waals surface area contributed by atoms with Crippen LogP contribution in [-0.4, -0.2) is 16.1 Å². The smallest absolute Gasteiger partial charge is 0.0535 e. The van der Waals surface area contributed by atoms with E-state index < -0.39 is 16.1 Å². The maximum atomic E-state index is 2.75. The van der Waals surface area contributed by atoms with E-state index in [0.717, 1.165) is 0 Å². The summed E-state index contributed by atoms with van der Waals surface area (Å²) < 4.78 is 0. The number of fused-ring (bicyclic) bond motifs is 2. The van der Waals surface area contributed by atoms with E-state index in [1.807, 2.05) is 0 Å². The van der Waals surface area contributed by atoms with Crippen LogP contribution in [0.1, 0.15) is 38.5 Å². The topological polar surface area (TPSA) is 0 Å². The molecule has 1 aliphatic heterocycles. The minimum atomic E-state index is -0.905. The van der Waals surface area contributed by atoms with Crippen LogP contribution in [0, 0.1) is 0 Å². The minimum absolute atomic E-state index is 0.905. The summed E-state index contributed by atoms with van der Waals surface area (Å²) >= 11 is 0. The SMILES string of the molecule is C[Si]1(C)C2CCCC2[Si](C)(C)C2CCCC21. The molecule has 3 aliphatic rings. The van der Waals surface area contributed by atoms with Crippen molar-refractivity contribution >= 4 is 16.1 Å². The zero-order valence-electron chi connectivity index (χ0n) is 11.6. The van der Waals surface area contributed by atoms with Crippen molar-refractivity contribution in [2.24, 2.45) is 0 Å². The molecule has 0 nitrogen and oxygen atoms in total. The normalized spacial score (nSPS) is 48.8. The van der Waals surface area contributed by atoms with Crippen molar-refractivity contribution < 1.29 is 0 Å². The summed E-state index contributed by atoms with van der Waals surface area (Å²) in [5, 5.41) is 0. The summed E-state index contributed by atoms with van der Waals surface area (Å²) in [6.07, 6.45) is 9.60. The molecule has 3 rings (SSSR count). The monoisotopic (exact) mass is 252 g/mol. The molecular formula is C14H28Si2. The Balaban J connectivity index is 2.02. The van der Waals surface area contributed by atoms with Crippen molar-refractivity contribution in [1.82, 2.24) is 0 Å². The van der Waals surface area contributed by atoms with Crippen LogP contribution in [0.3, 0.4) is 0 Å². The van der Waals surface area contributed by atoms with E-state index in [-0.39, 0.29) is 0 Å². The molecule has 92 valence electrons. The molecule has 1 saturated heterocycles. The Bertz CT molecular complexity index is 241. The number of rotatable bonds is 0. The molecule has 4 atom stereocenters. The minimum Gasteiger partial charge on any atom is -0.0689 e. The molecule has 4 unspecified atom stereocenters. The molecule has 2 saturated carbocycles. The van der Waals surface area contributed by atoms with Gasteiger partial charge in [-0.05, 0) is 22.2 Å². The first-order valence-corrected chi connectivity index (χ1v) is 13.8. The molecule has 0 aromatic carbocycles. The van der Waals surface area contributed by atoms with E-state index in [4.69, 9.17) is 0 Å². The summed E-state index contributed by atoms with van der Waals surface area (Å²) in [7, 11) is -1.81. The fourth-order valence-electron chi connectivity index (χ4n) is 6.03. The predicted molar refractivity (Wildman–Crippen MR) is 77.7 cm³/mol. The fourth-order valence-corrected chi connectivity index (χ4v) is 20.9. The van der Waals surface area contributed by atoms with Gasteiger partial charge in [-0.25, -0.2) is 0 Å². The fraction of sp³-hybridized carbons (Fsp3) is 1.00. The number of hydrogen-bond acceptors (Lipinski definition) is 0. The molecule has 2 heteroatoms. The maximum Gasteiger partial charge on any atom is 0.0535 e. The molecule has 0 aromatic rings. The van der Waals surface area contributed by atoms with Crippen LogP contribution in [0.25, 0.3) is 0 Å². The molecule has 0 radical (unpaired) electrons. The van der Waals surface area contributed by atoms with Crippen LogP contribution < -0.4 is 0 Å². The van der Waals surface area contributed by atoms with Crippen LogP contribution in [0.2, 0.25) is 48.4 Å². The Morgan fingerprint density at radius 1 is 0.562 bits per heavy atom. The van der Waals surface area contributed by atoms with Gasteiger partial charge in [-0.1, -0.05) is 64.7 Å². The van der Waals surface area contributed by atoms with E-state index in [0.29, 0.717) is 0 Å². The Labute approximate surface area is 103 Å². The zero-order chi connectivity index (χ0) is 11.6. The Morgan fingerprint density at radius 3 is 1.06 bits per heavy atom. The van der Waals surface area contributed by atoms with E-state index >= 15 is 0 Å². The third-order valence-electron chi connectivity index (χ3n) is 6.85. The van der Waals surface area contributed by atoms with E-state index in [1.165, 1.54) is 22.2 Å². The van der Waals surface area contributed by atoms with Gasteiger partial charge >= 0.3 is 0 Å². The molecule has 1 heterocycles. The summed E-state index contributed by atoms with van der Waals surface area (Å²) in [5.74, 6) is 0. The molecule has 0 bridgehead atoms. The van der Waals surface area contributed by atoms with Crippen LogP contribution in [-0.2, 0) is 0 Å². The highest BCUT2D eigenvalue weighted by molar-refractivity contribution is 6.91. The van der Waals surface area contributed by atoms with Gasteiger partial charge < -0.3 is 0 Å². The highest BCUT2D eigenvalue weighted by Crippen LogP contribution is 2.69.